The number of nitrogens with zero attached hydrogens (tertiary/aromatic N) is 4. The summed E-state index contributed by atoms with van der Waals surface area (Å²) in [7, 11) is 0. The molecule has 5 rings (SSSR count). The molecule has 2 N–H and O–H groups in total. The Morgan fingerprint density at radius 1 is 1.28 bits per heavy atom. The highest BCUT2D eigenvalue weighted by Gasteiger charge is 2.30. The van der Waals surface area contributed by atoms with Gasteiger partial charge in [0.05, 0.1) is 24.0 Å². The van der Waals surface area contributed by atoms with Crippen LogP contribution in [0.15, 0.2) is 35.1 Å². The predicted molar refractivity (Wildman–Crippen MR) is 120 cm³/mol. The number of hydrogen-bond acceptors (Lipinski definition) is 5. The number of amides is 1. The quantitative estimate of drug-likeness (QED) is 0.657. The first kappa shape index (κ1) is 20.8. The number of phenols is 1. The fourth-order valence-corrected chi connectivity index (χ4v) is 4.97. The smallest absolute Gasteiger partial charge is 0.276 e. The van der Waals surface area contributed by atoms with Crippen LogP contribution < -0.4 is 5.56 Å². The van der Waals surface area contributed by atoms with Gasteiger partial charge in [0, 0.05) is 36.2 Å². The highest BCUT2D eigenvalue weighted by molar-refractivity contribution is 5.78. The lowest BCUT2D eigenvalue weighted by atomic mass is 10.0. The van der Waals surface area contributed by atoms with Gasteiger partial charge in [0.15, 0.2) is 5.65 Å². The standard InChI is InChI=1S/C24H29N5O3/c1-15(2)23(31)28-11-9-17-19(14-28)25-22-12-18(26-29(22)24(17)32)20-7-5-10-27(20)13-16-6-3-4-8-21(16)30/h3-4,6,8,12,15,20,26,30H,5,7,9-11,13-14H2,1-2H3/t20-/m0/s1. The largest absolute Gasteiger partial charge is 0.508 e. The van der Waals surface area contributed by atoms with Crippen molar-refractivity contribution >= 4 is 11.6 Å². The van der Waals surface area contributed by atoms with Gasteiger partial charge >= 0.3 is 0 Å². The molecule has 0 spiro atoms. The number of carbonyl (C=O) groups excluding carboxylic acids is 1. The number of aromatic amines is 1. The molecule has 3 aromatic rings. The third-order valence-electron chi connectivity index (χ3n) is 6.68. The van der Waals surface area contributed by atoms with Gasteiger partial charge < -0.3 is 10.0 Å². The third-order valence-corrected chi connectivity index (χ3v) is 6.68. The van der Waals surface area contributed by atoms with Crippen LogP contribution in [0.25, 0.3) is 5.65 Å². The molecular weight excluding hydrogens is 406 g/mol. The van der Waals surface area contributed by atoms with Crippen molar-refractivity contribution in [3.05, 3.63) is 63.2 Å². The Morgan fingerprint density at radius 2 is 2.09 bits per heavy atom. The topological polar surface area (TPSA) is 93.9 Å². The number of phenolic OH excluding ortho intramolecular Hbond substituents is 1. The van der Waals surface area contributed by atoms with E-state index in [1.165, 1.54) is 0 Å². The van der Waals surface area contributed by atoms with Crippen molar-refractivity contribution in [1.82, 2.24) is 24.4 Å². The minimum atomic E-state index is -0.0716. The van der Waals surface area contributed by atoms with Crippen LogP contribution in [0, 0.1) is 5.92 Å². The number of H-pyrrole nitrogens is 1. The molecule has 0 unspecified atom stereocenters. The van der Waals surface area contributed by atoms with Crippen LogP contribution in [-0.4, -0.2) is 48.5 Å². The summed E-state index contributed by atoms with van der Waals surface area (Å²) in [4.78, 5) is 34.5. The van der Waals surface area contributed by atoms with Crippen molar-refractivity contribution in [1.29, 1.82) is 0 Å². The summed E-state index contributed by atoms with van der Waals surface area (Å²) in [5.41, 5.74) is 3.78. The van der Waals surface area contributed by atoms with E-state index in [0.29, 0.717) is 48.7 Å². The molecule has 1 atom stereocenters. The van der Waals surface area contributed by atoms with E-state index >= 15 is 0 Å². The molecule has 0 bridgehead atoms. The second-order valence-electron chi connectivity index (χ2n) is 9.17. The first-order valence-corrected chi connectivity index (χ1v) is 11.4. The second kappa shape index (κ2) is 8.09. The lowest BCUT2D eigenvalue weighted by molar-refractivity contribution is -0.135. The summed E-state index contributed by atoms with van der Waals surface area (Å²) in [6.45, 7) is 6.31. The van der Waals surface area contributed by atoms with Crippen LogP contribution in [0.1, 0.15) is 55.2 Å². The van der Waals surface area contributed by atoms with Gasteiger partial charge in [0.25, 0.3) is 5.56 Å². The Bertz CT molecular complexity index is 1230. The molecule has 2 aliphatic rings. The summed E-state index contributed by atoms with van der Waals surface area (Å²) in [5.74, 6) is 0.330. The maximum absolute atomic E-state index is 13.2. The summed E-state index contributed by atoms with van der Waals surface area (Å²) in [6.07, 6.45) is 2.56. The average Bonchev–Trinajstić information content (AvgIpc) is 3.41. The number of hydrogen-bond donors (Lipinski definition) is 2. The molecule has 1 amide bonds. The van der Waals surface area contributed by atoms with E-state index in [-0.39, 0.29) is 23.4 Å². The second-order valence-corrected chi connectivity index (χ2v) is 9.17. The molecule has 1 saturated heterocycles. The maximum atomic E-state index is 13.2. The first-order chi connectivity index (χ1) is 15.4. The van der Waals surface area contributed by atoms with Crippen LogP contribution in [0.3, 0.4) is 0 Å². The molecule has 1 fully saturated rings. The Labute approximate surface area is 186 Å². The fourth-order valence-electron chi connectivity index (χ4n) is 4.97. The number of nitrogens with one attached hydrogen (secondary N) is 1. The molecule has 0 radical (unpaired) electrons. The van der Waals surface area contributed by atoms with E-state index in [4.69, 9.17) is 4.98 Å². The zero-order chi connectivity index (χ0) is 22.4. The van der Waals surface area contributed by atoms with Crippen molar-refractivity contribution in [3.8, 4) is 5.75 Å². The highest BCUT2D eigenvalue weighted by Crippen LogP contribution is 2.34. The van der Waals surface area contributed by atoms with Gasteiger partial charge in [-0.3, -0.25) is 19.6 Å². The summed E-state index contributed by atoms with van der Waals surface area (Å²) in [6, 6.07) is 9.51. The number of fused-ring (bicyclic) bond motifs is 2. The van der Waals surface area contributed by atoms with E-state index in [1.807, 2.05) is 38.1 Å². The molecule has 1 aromatic carbocycles. The number of aromatic hydroxyl groups is 1. The van der Waals surface area contributed by atoms with Crippen molar-refractivity contribution in [2.75, 3.05) is 13.1 Å². The number of rotatable bonds is 4. The van der Waals surface area contributed by atoms with Gasteiger partial charge in [-0.1, -0.05) is 32.0 Å². The Kier molecular flexibility index (Phi) is 5.25. The average molecular weight is 436 g/mol. The number of likely N-dealkylation sites (tertiary alicyclic amines) is 1. The van der Waals surface area contributed by atoms with E-state index in [1.54, 1.807) is 15.5 Å². The van der Waals surface area contributed by atoms with Gasteiger partial charge in [-0.2, -0.15) is 0 Å². The first-order valence-electron chi connectivity index (χ1n) is 11.4. The van der Waals surface area contributed by atoms with Gasteiger partial charge in [0.2, 0.25) is 5.91 Å². The molecule has 4 heterocycles. The molecular formula is C24H29N5O3. The van der Waals surface area contributed by atoms with Gasteiger partial charge in [-0.05, 0) is 31.9 Å². The fraction of sp³-hybridized carbons (Fsp3) is 0.458. The lowest BCUT2D eigenvalue weighted by Crippen LogP contribution is -2.41. The molecule has 0 saturated carbocycles. The number of aromatic nitrogens is 3. The van der Waals surface area contributed by atoms with Crippen molar-refractivity contribution < 1.29 is 9.90 Å². The Morgan fingerprint density at radius 3 is 2.88 bits per heavy atom. The van der Waals surface area contributed by atoms with Gasteiger partial charge in [0.1, 0.15) is 5.75 Å². The third kappa shape index (κ3) is 3.58. The normalized spacial score (nSPS) is 19.1. The molecule has 8 nitrogen and oxygen atoms in total. The van der Waals surface area contributed by atoms with E-state index in [9.17, 15) is 14.7 Å². The van der Waals surface area contributed by atoms with Gasteiger partial charge in [-0.25, -0.2) is 9.50 Å². The maximum Gasteiger partial charge on any atom is 0.276 e. The molecule has 32 heavy (non-hydrogen) atoms. The summed E-state index contributed by atoms with van der Waals surface area (Å²) >= 11 is 0. The lowest BCUT2D eigenvalue weighted by Gasteiger charge is -2.29. The van der Waals surface area contributed by atoms with Crippen LogP contribution in [0.2, 0.25) is 0 Å². The minimum absolute atomic E-state index is 0.0712. The van der Waals surface area contributed by atoms with E-state index in [2.05, 4.69) is 10.00 Å². The number of carbonyl (C=O) groups is 1. The SMILES string of the molecule is CC(C)C(=O)N1CCc2c(nc3cc([C@@H]4CCCN4Cc4ccccc4O)[nH]n3c2=O)C1. The van der Waals surface area contributed by atoms with Crippen LogP contribution in [-0.2, 0) is 24.3 Å². The summed E-state index contributed by atoms with van der Waals surface area (Å²) in [5, 5.41) is 13.5. The molecule has 2 aliphatic heterocycles. The molecule has 168 valence electrons. The molecule has 0 aliphatic carbocycles. The van der Waals surface area contributed by atoms with Crippen LogP contribution >= 0.6 is 0 Å². The number of para-hydroxylation sites is 1. The van der Waals surface area contributed by atoms with E-state index in [0.717, 1.165) is 30.6 Å². The minimum Gasteiger partial charge on any atom is -0.508 e. The molecule has 2 aromatic heterocycles. The van der Waals surface area contributed by atoms with E-state index < -0.39 is 0 Å². The Balaban J connectivity index is 1.45. The monoisotopic (exact) mass is 435 g/mol. The highest BCUT2D eigenvalue weighted by atomic mass is 16.3. The van der Waals surface area contributed by atoms with Crippen LogP contribution in [0.4, 0.5) is 0 Å². The Hall–Kier alpha value is -3.13. The zero-order valence-corrected chi connectivity index (χ0v) is 18.5. The van der Waals surface area contributed by atoms with Crippen molar-refractivity contribution in [2.45, 2.75) is 52.2 Å². The van der Waals surface area contributed by atoms with Crippen molar-refractivity contribution in [3.63, 3.8) is 0 Å². The zero-order valence-electron chi connectivity index (χ0n) is 18.5. The number of benzene rings is 1. The predicted octanol–water partition coefficient (Wildman–Crippen LogP) is 2.61. The summed E-state index contributed by atoms with van der Waals surface area (Å²) < 4.78 is 1.55. The van der Waals surface area contributed by atoms with Crippen LogP contribution in [0.5, 0.6) is 5.75 Å². The molecule has 8 heteroatoms. The van der Waals surface area contributed by atoms with Crippen molar-refractivity contribution in [2.24, 2.45) is 5.92 Å². The van der Waals surface area contributed by atoms with Gasteiger partial charge in [-0.15, -0.1) is 0 Å².